The molecule has 0 amide bonds. The van der Waals surface area contributed by atoms with Crippen molar-refractivity contribution in [2.24, 2.45) is 0 Å². The summed E-state index contributed by atoms with van der Waals surface area (Å²) in [6, 6.07) is 10.1. The Bertz CT molecular complexity index is 1140. The summed E-state index contributed by atoms with van der Waals surface area (Å²) in [5.74, 6) is -0.438. The van der Waals surface area contributed by atoms with Crippen LogP contribution in [0.25, 0.3) is 10.4 Å². The van der Waals surface area contributed by atoms with Gasteiger partial charge in [0.15, 0.2) is 0 Å². The Kier molecular flexibility index (Phi) is 8.02. The van der Waals surface area contributed by atoms with Crippen LogP contribution < -0.4 is 4.74 Å². The van der Waals surface area contributed by atoms with Crippen LogP contribution in [0.15, 0.2) is 36.4 Å². The van der Waals surface area contributed by atoms with Gasteiger partial charge < -0.3 is 9.47 Å². The second kappa shape index (κ2) is 10.6. The monoisotopic (exact) mass is 497 g/mol. The predicted octanol–water partition coefficient (Wildman–Crippen LogP) is 7.17. The number of rotatable bonds is 8. The van der Waals surface area contributed by atoms with E-state index < -0.39 is 17.7 Å². The van der Waals surface area contributed by atoms with Gasteiger partial charge in [-0.05, 0) is 67.0 Å². The Morgan fingerprint density at radius 1 is 1.15 bits per heavy atom. The second-order valence-corrected chi connectivity index (χ2v) is 8.59. The maximum atomic E-state index is 13.7. The van der Waals surface area contributed by atoms with E-state index in [1.165, 1.54) is 17.6 Å². The standard InChI is InChI=1S/C24H23ClF3NO3S/c1-4-31-21(30)10-9-16-11-15(3)20(12-19(16)24(26,27)28)32-13-18-22(33-29-23(18)25)17-8-6-5-7-14(17)2/h5-8,11-12H,4,9-10,13H2,1-3H3. The number of aryl methyl sites for hydroxylation is 3. The van der Waals surface area contributed by atoms with E-state index >= 15 is 0 Å². The van der Waals surface area contributed by atoms with Crippen LogP contribution in [0.3, 0.4) is 0 Å². The van der Waals surface area contributed by atoms with Gasteiger partial charge in [-0.25, -0.2) is 0 Å². The molecule has 3 aromatic rings. The molecule has 0 unspecified atom stereocenters. The molecule has 3 rings (SSSR count). The van der Waals surface area contributed by atoms with Gasteiger partial charge in [-0.15, -0.1) is 0 Å². The van der Waals surface area contributed by atoms with Crippen LogP contribution in [0, 0.1) is 13.8 Å². The summed E-state index contributed by atoms with van der Waals surface area (Å²) in [5, 5.41) is 0.262. The number of hydrogen-bond donors (Lipinski definition) is 0. The summed E-state index contributed by atoms with van der Waals surface area (Å²) in [6.07, 6.45) is -4.80. The van der Waals surface area contributed by atoms with Crippen molar-refractivity contribution in [3.63, 3.8) is 0 Å². The number of esters is 1. The van der Waals surface area contributed by atoms with Crippen LogP contribution in [0.2, 0.25) is 5.15 Å². The molecule has 0 aliphatic heterocycles. The van der Waals surface area contributed by atoms with Crippen molar-refractivity contribution in [2.75, 3.05) is 6.61 Å². The molecule has 2 aromatic carbocycles. The lowest BCUT2D eigenvalue weighted by Crippen LogP contribution is -2.13. The Hall–Kier alpha value is -2.58. The average molecular weight is 498 g/mol. The molecule has 33 heavy (non-hydrogen) atoms. The van der Waals surface area contributed by atoms with Gasteiger partial charge in [-0.2, -0.15) is 17.5 Å². The maximum absolute atomic E-state index is 13.7. The molecule has 4 nitrogen and oxygen atoms in total. The number of ether oxygens (including phenoxy) is 2. The first kappa shape index (κ1) is 25.1. The molecule has 1 aromatic heterocycles. The number of carbonyl (C=O) groups is 1. The van der Waals surface area contributed by atoms with Gasteiger partial charge in [0.2, 0.25) is 0 Å². The molecule has 0 saturated carbocycles. The summed E-state index contributed by atoms with van der Waals surface area (Å²) in [6.45, 7) is 5.43. The number of carbonyl (C=O) groups excluding carboxylic acids is 1. The molecular weight excluding hydrogens is 475 g/mol. The van der Waals surface area contributed by atoms with Crippen LogP contribution in [0.5, 0.6) is 5.75 Å². The Balaban J connectivity index is 1.87. The van der Waals surface area contributed by atoms with Crippen LogP contribution in [-0.4, -0.2) is 16.9 Å². The molecule has 0 aliphatic rings. The lowest BCUT2D eigenvalue weighted by atomic mass is 9.99. The zero-order valence-electron chi connectivity index (χ0n) is 18.4. The Labute approximate surface area is 199 Å². The molecule has 176 valence electrons. The summed E-state index contributed by atoms with van der Waals surface area (Å²) >= 11 is 7.49. The fourth-order valence-electron chi connectivity index (χ4n) is 3.45. The fraction of sp³-hybridized carbons (Fsp3) is 0.333. The third kappa shape index (κ3) is 6.06. The number of hydrogen-bond acceptors (Lipinski definition) is 5. The van der Waals surface area contributed by atoms with Crippen molar-refractivity contribution in [2.45, 2.75) is 46.4 Å². The van der Waals surface area contributed by atoms with Crippen molar-refractivity contribution in [3.8, 4) is 16.2 Å². The molecule has 1 heterocycles. The zero-order valence-corrected chi connectivity index (χ0v) is 20.0. The van der Waals surface area contributed by atoms with Crippen molar-refractivity contribution >= 4 is 29.1 Å². The van der Waals surface area contributed by atoms with Crippen molar-refractivity contribution in [1.29, 1.82) is 0 Å². The Morgan fingerprint density at radius 2 is 1.88 bits per heavy atom. The maximum Gasteiger partial charge on any atom is 0.416 e. The first-order chi connectivity index (χ1) is 15.6. The summed E-state index contributed by atoms with van der Waals surface area (Å²) in [4.78, 5) is 12.4. The van der Waals surface area contributed by atoms with Crippen molar-refractivity contribution in [3.05, 3.63) is 69.4 Å². The summed E-state index contributed by atoms with van der Waals surface area (Å²) in [5.41, 5.74) is 2.31. The Morgan fingerprint density at radius 3 is 2.55 bits per heavy atom. The minimum absolute atomic E-state index is 0.0243. The van der Waals surface area contributed by atoms with Gasteiger partial charge >= 0.3 is 12.1 Å². The van der Waals surface area contributed by atoms with E-state index in [0.29, 0.717) is 11.1 Å². The second-order valence-electron chi connectivity index (χ2n) is 7.46. The predicted molar refractivity (Wildman–Crippen MR) is 123 cm³/mol. The molecule has 9 heteroatoms. The van der Waals surface area contributed by atoms with Gasteiger partial charge in [0.05, 0.1) is 17.0 Å². The normalized spacial score (nSPS) is 11.5. The smallest absolute Gasteiger partial charge is 0.416 e. The largest absolute Gasteiger partial charge is 0.488 e. The van der Waals surface area contributed by atoms with Crippen LogP contribution >= 0.6 is 23.1 Å². The average Bonchev–Trinajstić information content (AvgIpc) is 3.11. The highest BCUT2D eigenvalue weighted by Gasteiger charge is 2.34. The quantitative estimate of drug-likeness (QED) is 0.309. The van der Waals surface area contributed by atoms with Gasteiger partial charge in [-0.1, -0.05) is 41.9 Å². The van der Waals surface area contributed by atoms with E-state index in [1.807, 2.05) is 31.2 Å². The zero-order chi connectivity index (χ0) is 24.2. The molecule has 0 aliphatic carbocycles. The van der Waals surface area contributed by atoms with Gasteiger partial charge in [0.1, 0.15) is 17.5 Å². The third-order valence-electron chi connectivity index (χ3n) is 5.11. The minimum atomic E-state index is -4.59. The van der Waals surface area contributed by atoms with Gasteiger partial charge in [0, 0.05) is 12.0 Å². The van der Waals surface area contributed by atoms with Gasteiger partial charge in [-0.3, -0.25) is 4.79 Å². The highest BCUT2D eigenvalue weighted by atomic mass is 35.5. The molecular formula is C24H23ClF3NO3S. The van der Waals surface area contributed by atoms with E-state index in [0.717, 1.165) is 22.1 Å². The number of benzene rings is 2. The van der Waals surface area contributed by atoms with E-state index in [-0.39, 0.29) is 42.5 Å². The minimum Gasteiger partial charge on any atom is -0.488 e. The van der Waals surface area contributed by atoms with Crippen LogP contribution in [0.4, 0.5) is 13.2 Å². The van der Waals surface area contributed by atoms with Crippen LogP contribution in [-0.2, 0) is 28.7 Å². The fourth-order valence-corrected chi connectivity index (χ4v) is 4.63. The molecule has 0 atom stereocenters. The topological polar surface area (TPSA) is 48.4 Å². The lowest BCUT2D eigenvalue weighted by Gasteiger charge is -2.17. The SMILES string of the molecule is CCOC(=O)CCc1cc(C)c(OCc2c(Cl)nsc2-c2ccccc2C)cc1C(F)(F)F. The molecule has 0 bridgehead atoms. The van der Waals surface area contributed by atoms with Crippen LogP contribution in [0.1, 0.15) is 41.2 Å². The third-order valence-corrected chi connectivity index (χ3v) is 6.45. The van der Waals surface area contributed by atoms with Gasteiger partial charge in [0.25, 0.3) is 0 Å². The lowest BCUT2D eigenvalue weighted by molar-refractivity contribution is -0.144. The number of aromatic nitrogens is 1. The van der Waals surface area contributed by atoms with Crippen molar-refractivity contribution in [1.82, 2.24) is 4.37 Å². The molecule has 0 N–H and O–H groups in total. The highest BCUT2D eigenvalue weighted by Crippen LogP contribution is 2.39. The number of alkyl halides is 3. The van der Waals surface area contributed by atoms with E-state index in [9.17, 15) is 18.0 Å². The summed E-state index contributed by atoms with van der Waals surface area (Å²) in [7, 11) is 0. The first-order valence-corrected chi connectivity index (χ1v) is 11.5. The molecule has 0 saturated heterocycles. The number of halogens is 4. The van der Waals surface area contributed by atoms with E-state index in [1.54, 1.807) is 13.8 Å². The first-order valence-electron chi connectivity index (χ1n) is 10.3. The molecule has 0 fully saturated rings. The van der Waals surface area contributed by atoms with Crippen molar-refractivity contribution < 1.29 is 27.4 Å². The molecule has 0 spiro atoms. The van der Waals surface area contributed by atoms with E-state index in [4.69, 9.17) is 21.1 Å². The summed E-state index contributed by atoms with van der Waals surface area (Å²) < 4.78 is 56.1. The number of nitrogens with zero attached hydrogens (tertiary/aromatic N) is 1. The van der Waals surface area contributed by atoms with E-state index in [2.05, 4.69) is 4.37 Å². The highest BCUT2D eigenvalue weighted by molar-refractivity contribution is 7.10. The molecule has 0 radical (unpaired) electrons.